The van der Waals surface area contributed by atoms with Crippen LogP contribution < -0.4 is 10.6 Å². The van der Waals surface area contributed by atoms with Gasteiger partial charge in [-0.25, -0.2) is 4.79 Å². The number of hydrogen-bond acceptors (Lipinski definition) is 5. The Balaban J connectivity index is 1.65. The predicted octanol–water partition coefficient (Wildman–Crippen LogP) is 2.67. The van der Waals surface area contributed by atoms with Gasteiger partial charge in [-0.3, -0.25) is 10.1 Å². The standard InChI is InChI=1S/C16H25N5O2S/c1-12(2)21-11-18-20-16(21)24-10-14(22)19-15(23)17-9-8-13-6-4-3-5-7-13/h6,11-12H,3-5,7-10H2,1-2H3,(H2,17,19,22,23). The van der Waals surface area contributed by atoms with Crippen LogP contribution in [0.15, 0.2) is 23.1 Å². The van der Waals surface area contributed by atoms with Gasteiger partial charge in [-0.2, -0.15) is 0 Å². The number of rotatable bonds is 7. The van der Waals surface area contributed by atoms with E-state index < -0.39 is 6.03 Å². The highest BCUT2D eigenvalue weighted by molar-refractivity contribution is 7.99. The molecular formula is C16H25N5O2S. The molecule has 1 heterocycles. The number of urea groups is 1. The lowest BCUT2D eigenvalue weighted by Crippen LogP contribution is -2.40. The molecule has 1 aliphatic rings. The minimum atomic E-state index is -0.442. The quantitative estimate of drug-likeness (QED) is 0.582. The molecule has 0 bridgehead atoms. The largest absolute Gasteiger partial charge is 0.337 e. The molecule has 0 unspecified atom stereocenters. The van der Waals surface area contributed by atoms with Gasteiger partial charge in [0.25, 0.3) is 0 Å². The second-order valence-electron chi connectivity index (χ2n) is 6.07. The summed E-state index contributed by atoms with van der Waals surface area (Å²) < 4.78 is 1.88. The zero-order valence-electron chi connectivity index (χ0n) is 14.2. The highest BCUT2D eigenvalue weighted by atomic mass is 32.2. The third-order valence-corrected chi connectivity index (χ3v) is 4.76. The molecule has 0 saturated heterocycles. The van der Waals surface area contributed by atoms with Crippen LogP contribution in [0.3, 0.4) is 0 Å². The Morgan fingerprint density at radius 1 is 1.38 bits per heavy atom. The lowest BCUT2D eigenvalue weighted by atomic mass is 9.97. The van der Waals surface area contributed by atoms with Crippen molar-refractivity contribution in [1.82, 2.24) is 25.4 Å². The van der Waals surface area contributed by atoms with Crippen LogP contribution in [0.4, 0.5) is 4.79 Å². The van der Waals surface area contributed by atoms with E-state index in [1.165, 1.54) is 30.2 Å². The van der Waals surface area contributed by atoms with Crippen LogP contribution >= 0.6 is 11.8 Å². The van der Waals surface area contributed by atoms with E-state index in [1.807, 2.05) is 18.4 Å². The number of amides is 3. The molecular weight excluding hydrogens is 326 g/mol. The van der Waals surface area contributed by atoms with Crippen molar-refractivity contribution in [3.63, 3.8) is 0 Å². The molecule has 1 aromatic heterocycles. The molecule has 2 rings (SSSR count). The maximum Gasteiger partial charge on any atom is 0.321 e. The first-order valence-electron chi connectivity index (χ1n) is 8.34. The zero-order valence-corrected chi connectivity index (χ0v) is 15.1. The highest BCUT2D eigenvalue weighted by Crippen LogP contribution is 2.19. The van der Waals surface area contributed by atoms with E-state index in [0.29, 0.717) is 11.7 Å². The molecule has 2 N–H and O–H groups in total. The average molecular weight is 351 g/mol. The fraction of sp³-hybridized carbons (Fsp3) is 0.625. The molecule has 0 fully saturated rings. The number of hydrogen-bond donors (Lipinski definition) is 2. The number of nitrogens with zero attached hydrogens (tertiary/aromatic N) is 3. The molecule has 1 aliphatic carbocycles. The molecule has 8 heteroatoms. The van der Waals surface area contributed by atoms with Crippen LogP contribution in [0.1, 0.15) is 52.0 Å². The number of nitrogens with one attached hydrogen (secondary N) is 2. The molecule has 24 heavy (non-hydrogen) atoms. The van der Waals surface area contributed by atoms with Crippen molar-refractivity contribution in [2.45, 2.75) is 57.1 Å². The number of imide groups is 1. The first-order chi connectivity index (χ1) is 11.6. The van der Waals surface area contributed by atoms with Crippen molar-refractivity contribution in [2.24, 2.45) is 0 Å². The summed E-state index contributed by atoms with van der Waals surface area (Å²) >= 11 is 1.27. The maximum atomic E-state index is 11.8. The van der Waals surface area contributed by atoms with Crippen LogP contribution in [0.2, 0.25) is 0 Å². The van der Waals surface area contributed by atoms with Crippen LogP contribution in [0, 0.1) is 0 Å². The molecule has 0 atom stereocenters. The second-order valence-corrected chi connectivity index (χ2v) is 7.01. The fourth-order valence-electron chi connectivity index (χ4n) is 2.49. The normalized spacial score (nSPS) is 14.4. The van der Waals surface area contributed by atoms with E-state index in [1.54, 1.807) is 6.33 Å². The Labute approximate surface area is 146 Å². The van der Waals surface area contributed by atoms with E-state index in [2.05, 4.69) is 26.9 Å². The Morgan fingerprint density at radius 2 is 2.21 bits per heavy atom. The minimum absolute atomic E-state index is 0.129. The number of aromatic nitrogens is 3. The van der Waals surface area contributed by atoms with Crippen molar-refractivity contribution in [1.29, 1.82) is 0 Å². The summed E-state index contributed by atoms with van der Waals surface area (Å²) in [6.45, 7) is 4.59. The smallest absolute Gasteiger partial charge is 0.321 e. The van der Waals surface area contributed by atoms with Gasteiger partial charge in [0.2, 0.25) is 5.91 Å². The van der Waals surface area contributed by atoms with Gasteiger partial charge in [0.15, 0.2) is 5.16 Å². The van der Waals surface area contributed by atoms with Crippen molar-refractivity contribution >= 4 is 23.7 Å². The topological polar surface area (TPSA) is 88.9 Å². The SMILES string of the molecule is CC(C)n1cnnc1SCC(=O)NC(=O)NCCC1=CCCCC1. The predicted molar refractivity (Wildman–Crippen MR) is 93.8 cm³/mol. The van der Waals surface area contributed by atoms with E-state index in [-0.39, 0.29) is 17.7 Å². The lowest BCUT2D eigenvalue weighted by Gasteiger charge is -2.13. The summed E-state index contributed by atoms with van der Waals surface area (Å²) in [5, 5.41) is 13.6. The zero-order chi connectivity index (χ0) is 17.4. The van der Waals surface area contributed by atoms with Gasteiger partial charge in [0.05, 0.1) is 5.75 Å². The third kappa shape index (κ3) is 5.99. The van der Waals surface area contributed by atoms with Gasteiger partial charge < -0.3 is 9.88 Å². The van der Waals surface area contributed by atoms with Gasteiger partial charge in [-0.15, -0.1) is 10.2 Å². The second kappa shape index (κ2) is 9.46. The van der Waals surface area contributed by atoms with E-state index >= 15 is 0 Å². The van der Waals surface area contributed by atoms with Crippen molar-refractivity contribution in [3.8, 4) is 0 Å². The summed E-state index contributed by atoms with van der Waals surface area (Å²) in [4.78, 5) is 23.6. The molecule has 0 spiro atoms. The lowest BCUT2D eigenvalue weighted by molar-refractivity contribution is -0.117. The summed E-state index contributed by atoms with van der Waals surface area (Å²) in [6, 6.07) is -0.217. The van der Waals surface area contributed by atoms with Gasteiger partial charge >= 0.3 is 6.03 Å². The molecule has 3 amide bonds. The molecule has 0 radical (unpaired) electrons. The summed E-state index contributed by atoms with van der Waals surface area (Å²) in [6.07, 6.45) is 9.50. The van der Waals surface area contributed by atoms with Gasteiger partial charge in [-0.1, -0.05) is 23.4 Å². The van der Waals surface area contributed by atoms with Crippen LogP contribution in [-0.4, -0.2) is 39.0 Å². The molecule has 0 aliphatic heterocycles. The van der Waals surface area contributed by atoms with Crippen LogP contribution in [0.5, 0.6) is 0 Å². The average Bonchev–Trinajstić information content (AvgIpc) is 3.03. The summed E-state index contributed by atoms with van der Waals surface area (Å²) in [5.74, 6) is -0.211. The van der Waals surface area contributed by atoms with Crippen LogP contribution in [-0.2, 0) is 4.79 Å². The van der Waals surface area contributed by atoms with Gasteiger partial charge in [0, 0.05) is 12.6 Å². The maximum absolute atomic E-state index is 11.8. The molecule has 0 saturated carbocycles. The van der Waals surface area contributed by atoms with Crippen molar-refractivity contribution in [2.75, 3.05) is 12.3 Å². The first-order valence-corrected chi connectivity index (χ1v) is 9.32. The van der Waals surface area contributed by atoms with E-state index in [9.17, 15) is 9.59 Å². The molecule has 1 aromatic rings. The number of carbonyl (C=O) groups is 2. The van der Waals surface area contributed by atoms with Gasteiger partial charge in [-0.05, 0) is 46.0 Å². The Bertz CT molecular complexity index is 597. The first kappa shape index (κ1) is 18.5. The van der Waals surface area contributed by atoms with Gasteiger partial charge in [0.1, 0.15) is 6.33 Å². The Kier molecular flexibility index (Phi) is 7.30. The molecule has 7 nitrogen and oxygen atoms in total. The number of thioether (sulfide) groups is 1. The minimum Gasteiger partial charge on any atom is -0.337 e. The summed E-state index contributed by atoms with van der Waals surface area (Å²) in [7, 11) is 0. The Morgan fingerprint density at radius 3 is 2.92 bits per heavy atom. The fourth-order valence-corrected chi connectivity index (χ4v) is 3.34. The molecule has 132 valence electrons. The number of allylic oxidation sites excluding steroid dienone is 1. The monoisotopic (exact) mass is 351 g/mol. The highest BCUT2D eigenvalue weighted by Gasteiger charge is 2.12. The molecule has 0 aromatic carbocycles. The van der Waals surface area contributed by atoms with Crippen molar-refractivity contribution in [3.05, 3.63) is 18.0 Å². The van der Waals surface area contributed by atoms with Crippen molar-refractivity contribution < 1.29 is 9.59 Å². The van der Waals surface area contributed by atoms with E-state index in [0.717, 1.165) is 19.3 Å². The third-order valence-electron chi connectivity index (χ3n) is 3.80. The van der Waals surface area contributed by atoms with Crippen LogP contribution in [0.25, 0.3) is 0 Å². The Hall–Kier alpha value is -1.83. The number of carbonyl (C=O) groups excluding carboxylic acids is 2. The van der Waals surface area contributed by atoms with E-state index in [4.69, 9.17) is 0 Å². The summed E-state index contributed by atoms with van der Waals surface area (Å²) in [5.41, 5.74) is 1.40.